The molecule has 0 aliphatic carbocycles. The number of carbonyl (C=O) groups excluding carboxylic acids is 2. The van der Waals surface area contributed by atoms with Crippen molar-refractivity contribution >= 4 is 39.7 Å². The Bertz CT molecular complexity index is 861. The summed E-state index contributed by atoms with van der Waals surface area (Å²) in [6.07, 6.45) is 2.68. The van der Waals surface area contributed by atoms with Gasteiger partial charge in [0, 0.05) is 30.7 Å². The fourth-order valence-corrected chi connectivity index (χ4v) is 4.09. The molecule has 26 heavy (non-hydrogen) atoms. The number of thioether (sulfide) groups is 1. The zero-order valence-corrected chi connectivity index (χ0v) is 15.8. The highest BCUT2D eigenvalue weighted by molar-refractivity contribution is 8.15. The molecule has 1 aromatic heterocycles. The standard InChI is InChI=1S/C18H21N3O4S/c1-19-18-21(17(23)15(26-18)9-16(22)25-3)7-6-11-10-20-14-5-4-12(24-2)8-13(11)14/h4-5,8,10,15,20H,6-7,9H2,1-3H3. The van der Waals surface area contributed by atoms with E-state index in [1.165, 1.54) is 18.9 Å². The molecule has 0 radical (unpaired) electrons. The van der Waals surface area contributed by atoms with Crippen LogP contribution in [0.3, 0.4) is 0 Å². The number of hydrogen-bond donors (Lipinski definition) is 1. The SMILES string of the molecule is CN=C1SC(CC(=O)OC)C(=O)N1CCc1c[nH]c2ccc(OC)cc12. The van der Waals surface area contributed by atoms with Crippen LogP contribution in [-0.2, 0) is 20.7 Å². The number of ether oxygens (including phenoxy) is 2. The molecule has 1 unspecified atom stereocenters. The van der Waals surface area contributed by atoms with E-state index in [-0.39, 0.29) is 12.3 Å². The number of amidine groups is 1. The van der Waals surface area contributed by atoms with Crippen LogP contribution in [0.4, 0.5) is 0 Å². The Morgan fingerprint density at radius 2 is 2.19 bits per heavy atom. The lowest BCUT2D eigenvalue weighted by Gasteiger charge is -2.15. The molecule has 1 aromatic carbocycles. The van der Waals surface area contributed by atoms with Crippen LogP contribution in [0.15, 0.2) is 29.4 Å². The third-order valence-electron chi connectivity index (χ3n) is 4.37. The van der Waals surface area contributed by atoms with Gasteiger partial charge in [-0.25, -0.2) is 0 Å². The van der Waals surface area contributed by atoms with Gasteiger partial charge in [-0.3, -0.25) is 19.5 Å². The van der Waals surface area contributed by atoms with Gasteiger partial charge in [0.25, 0.3) is 0 Å². The quantitative estimate of drug-likeness (QED) is 0.783. The van der Waals surface area contributed by atoms with E-state index in [1.807, 2.05) is 24.4 Å². The van der Waals surface area contributed by atoms with E-state index >= 15 is 0 Å². The second-order valence-corrected chi connectivity index (χ2v) is 7.03. The normalized spacial score (nSPS) is 18.7. The molecule has 138 valence electrons. The van der Waals surface area contributed by atoms with Crippen LogP contribution in [0.25, 0.3) is 10.9 Å². The number of fused-ring (bicyclic) bond motifs is 1. The maximum Gasteiger partial charge on any atom is 0.307 e. The number of methoxy groups -OCH3 is 2. The molecule has 8 heteroatoms. The van der Waals surface area contributed by atoms with Gasteiger partial charge in [-0.1, -0.05) is 11.8 Å². The van der Waals surface area contributed by atoms with E-state index in [1.54, 1.807) is 19.1 Å². The molecule has 2 aromatic rings. The topological polar surface area (TPSA) is 84.0 Å². The summed E-state index contributed by atoms with van der Waals surface area (Å²) in [4.78, 5) is 33.2. The first kappa shape index (κ1) is 18.3. The fraction of sp³-hybridized carbons (Fsp3) is 0.389. The zero-order chi connectivity index (χ0) is 18.7. The van der Waals surface area contributed by atoms with Gasteiger partial charge in [-0.2, -0.15) is 0 Å². The van der Waals surface area contributed by atoms with Crippen LogP contribution in [0, 0.1) is 0 Å². The van der Waals surface area contributed by atoms with E-state index in [0.29, 0.717) is 18.1 Å². The fourth-order valence-electron chi connectivity index (χ4n) is 2.98. The summed E-state index contributed by atoms with van der Waals surface area (Å²) < 4.78 is 9.97. The molecular formula is C18H21N3O4S. The number of nitrogens with one attached hydrogen (secondary N) is 1. The Kier molecular flexibility index (Phi) is 5.51. The number of aromatic amines is 1. The largest absolute Gasteiger partial charge is 0.497 e. The van der Waals surface area contributed by atoms with E-state index in [0.717, 1.165) is 22.2 Å². The van der Waals surface area contributed by atoms with Gasteiger partial charge in [-0.05, 0) is 30.2 Å². The molecule has 1 atom stereocenters. The molecule has 1 saturated heterocycles. The molecule has 0 bridgehead atoms. The van der Waals surface area contributed by atoms with Crippen molar-refractivity contribution in [2.24, 2.45) is 4.99 Å². The first-order valence-electron chi connectivity index (χ1n) is 8.23. The summed E-state index contributed by atoms with van der Waals surface area (Å²) in [6, 6.07) is 5.86. The maximum atomic E-state index is 12.6. The van der Waals surface area contributed by atoms with Gasteiger partial charge in [0.15, 0.2) is 5.17 Å². The lowest BCUT2D eigenvalue weighted by atomic mass is 10.1. The molecule has 1 fully saturated rings. The Balaban J connectivity index is 1.74. The van der Waals surface area contributed by atoms with Gasteiger partial charge in [0.2, 0.25) is 5.91 Å². The summed E-state index contributed by atoms with van der Waals surface area (Å²) in [5.74, 6) is 0.301. The number of aromatic nitrogens is 1. The molecule has 1 aliphatic heterocycles. The number of aliphatic imine (C=N–C) groups is 1. The van der Waals surface area contributed by atoms with Crippen molar-refractivity contribution in [3.05, 3.63) is 30.0 Å². The van der Waals surface area contributed by atoms with Crippen LogP contribution in [0.1, 0.15) is 12.0 Å². The van der Waals surface area contributed by atoms with Gasteiger partial charge in [0.05, 0.1) is 20.6 Å². The van der Waals surface area contributed by atoms with Crippen LogP contribution in [0.5, 0.6) is 5.75 Å². The van der Waals surface area contributed by atoms with Crippen LogP contribution in [-0.4, -0.2) is 60.0 Å². The third-order valence-corrected chi connectivity index (χ3v) is 5.64. The van der Waals surface area contributed by atoms with E-state index < -0.39 is 11.2 Å². The van der Waals surface area contributed by atoms with Gasteiger partial charge in [0.1, 0.15) is 11.0 Å². The number of nitrogens with zero attached hydrogens (tertiary/aromatic N) is 2. The molecule has 1 amide bonds. The maximum absolute atomic E-state index is 12.6. The van der Waals surface area contributed by atoms with Crippen LogP contribution < -0.4 is 4.74 Å². The van der Waals surface area contributed by atoms with Crippen molar-refractivity contribution in [3.8, 4) is 5.75 Å². The third kappa shape index (κ3) is 3.55. The second kappa shape index (κ2) is 7.82. The minimum absolute atomic E-state index is 0.0554. The number of rotatable bonds is 6. The van der Waals surface area contributed by atoms with E-state index in [9.17, 15) is 9.59 Å². The highest BCUT2D eigenvalue weighted by Crippen LogP contribution is 2.30. The van der Waals surface area contributed by atoms with Crippen LogP contribution >= 0.6 is 11.8 Å². The lowest BCUT2D eigenvalue weighted by Crippen LogP contribution is -2.34. The van der Waals surface area contributed by atoms with Crippen molar-refractivity contribution in [2.75, 3.05) is 27.8 Å². The lowest BCUT2D eigenvalue weighted by molar-refractivity contribution is -0.142. The first-order chi connectivity index (χ1) is 12.6. The molecule has 1 N–H and O–H groups in total. The van der Waals surface area contributed by atoms with Gasteiger partial charge >= 0.3 is 5.97 Å². The average molecular weight is 375 g/mol. The van der Waals surface area contributed by atoms with E-state index in [2.05, 4.69) is 14.7 Å². The number of amides is 1. The Morgan fingerprint density at radius 1 is 1.38 bits per heavy atom. The summed E-state index contributed by atoms with van der Waals surface area (Å²) >= 11 is 1.32. The molecule has 7 nitrogen and oxygen atoms in total. The number of hydrogen-bond acceptors (Lipinski definition) is 6. The summed E-state index contributed by atoms with van der Waals surface area (Å²) in [5.41, 5.74) is 2.12. The number of benzene rings is 1. The summed E-state index contributed by atoms with van der Waals surface area (Å²) in [7, 11) is 4.61. The molecule has 0 spiro atoms. The number of esters is 1. The second-order valence-electron chi connectivity index (χ2n) is 5.86. The molecule has 0 saturated carbocycles. The van der Waals surface area contributed by atoms with Crippen molar-refractivity contribution in [1.29, 1.82) is 0 Å². The molecule has 2 heterocycles. The van der Waals surface area contributed by atoms with Crippen LogP contribution in [0.2, 0.25) is 0 Å². The van der Waals surface area contributed by atoms with E-state index in [4.69, 9.17) is 4.74 Å². The van der Waals surface area contributed by atoms with Crippen molar-refractivity contribution < 1.29 is 19.1 Å². The van der Waals surface area contributed by atoms with Crippen molar-refractivity contribution in [3.63, 3.8) is 0 Å². The smallest absolute Gasteiger partial charge is 0.307 e. The molecule has 3 rings (SSSR count). The summed E-state index contributed by atoms with van der Waals surface area (Å²) in [6.45, 7) is 0.500. The monoisotopic (exact) mass is 375 g/mol. The predicted molar refractivity (Wildman–Crippen MR) is 102 cm³/mol. The number of carbonyl (C=O) groups is 2. The minimum Gasteiger partial charge on any atom is -0.497 e. The highest BCUT2D eigenvalue weighted by Gasteiger charge is 2.38. The number of H-pyrrole nitrogens is 1. The highest BCUT2D eigenvalue weighted by atomic mass is 32.2. The van der Waals surface area contributed by atoms with Gasteiger partial charge < -0.3 is 14.5 Å². The predicted octanol–water partition coefficient (Wildman–Crippen LogP) is 2.21. The molecule has 1 aliphatic rings. The minimum atomic E-state index is -0.468. The Morgan fingerprint density at radius 3 is 2.88 bits per heavy atom. The van der Waals surface area contributed by atoms with Crippen molar-refractivity contribution in [2.45, 2.75) is 18.1 Å². The van der Waals surface area contributed by atoms with Gasteiger partial charge in [-0.15, -0.1) is 0 Å². The summed E-state index contributed by atoms with van der Waals surface area (Å²) in [5, 5.41) is 1.25. The first-order valence-corrected chi connectivity index (χ1v) is 9.11. The Labute approximate surface area is 155 Å². The zero-order valence-electron chi connectivity index (χ0n) is 14.9. The Hall–Kier alpha value is -2.48. The average Bonchev–Trinajstić information content (AvgIpc) is 3.20. The van der Waals surface area contributed by atoms with Crippen molar-refractivity contribution in [1.82, 2.24) is 9.88 Å². The molecular weight excluding hydrogens is 354 g/mol.